The van der Waals surface area contributed by atoms with E-state index >= 15 is 0 Å². The first-order chi connectivity index (χ1) is 15.5. The van der Waals surface area contributed by atoms with Gasteiger partial charge in [0.05, 0.1) is 44.9 Å². The van der Waals surface area contributed by atoms with Crippen molar-refractivity contribution in [3.05, 3.63) is 70.3 Å². The molecule has 3 aromatic rings. The van der Waals surface area contributed by atoms with Crippen molar-refractivity contribution in [3.63, 3.8) is 0 Å². The van der Waals surface area contributed by atoms with Crippen LogP contribution in [0.1, 0.15) is 43.5 Å². The molecular formula is C24H16N4O4. The van der Waals surface area contributed by atoms with E-state index in [0.29, 0.717) is 33.5 Å². The summed E-state index contributed by atoms with van der Waals surface area (Å²) >= 11 is 0. The van der Waals surface area contributed by atoms with Crippen LogP contribution in [-0.4, -0.2) is 53.9 Å². The molecule has 8 nitrogen and oxygen atoms in total. The van der Waals surface area contributed by atoms with Gasteiger partial charge in [0.25, 0.3) is 0 Å². The molecule has 2 atom stereocenters. The fourth-order valence-electron chi connectivity index (χ4n) is 4.17. The largest absolute Gasteiger partial charge is 0.382 e. The molecule has 3 aliphatic heterocycles. The number of H-pyrrole nitrogens is 2. The van der Waals surface area contributed by atoms with Crippen LogP contribution in [0, 0.1) is 0 Å². The molecule has 0 unspecified atom stereocenters. The van der Waals surface area contributed by atoms with Crippen molar-refractivity contribution in [1.29, 1.82) is 0 Å². The topological polar surface area (TPSA) is 132 Å². The van der Waals surface area contributed by atoms with Crippen molar-refractivity contribution in [2.75, 3.05) is 0 Å². The summed E-state index contributed by atoms with van der Waals surface area (Å²) < 4.78 is 0. The lowest BCUT2D eigenvalue weighted by atomic mass is 9.94. The molecule has 8 heteroatoms. The number of hydrogen-bond acceptors (Lipinski definition) is 6. The van der Waals surface area contributed by atoms with Crippen LogP contribution in [0.5, 0.6) is 0 Å². The Labute approximate surface area is 180 Å². The number of nitrogens with zero attached hydrogens (tertiary/aromatic N) is 2. The molecule has 156 valence electrons. The maximum atomic E-state index is 13.2. The highest BCUT2D eigenvalue weighted by Crippen LogP contribution is 2.28. The van der Waals surface area contributed by atoms with E-state index in [4.69, 9.17) is 0 Å². The minimum Gasteiger partial charge on any atom is -0.382 e. The lowest BCUT2D eigenvalue weighted by Crippen LogP contribution is -2.40. The lowest BCUT2D eigenvalue weighted by Gasteiger charge is -2.16. The molecule has 32 heavy (non-hydrogen) atoms. The first kappa shape index (κ1) is 18.6. The molecule has 0 fully saturated rings. The van der Waals surface area contributed by atoms with Gasteiger partial charge in [-0.1, -0.05) is 0 Å². The summed E-state index contributed by atoms with van der Waals surface area (Å²) in [7, 11) is 0. The van der Waals surface area contributed by atoms with E-state index in [2.05, 4.69) is 19.9 Å². The van der Waals surface area contributed by atoms with E-state index in [1.165, 1.54) is 0 Å². The second kappa shape index (κ2) is 6.68. The van der Waals surface area contributed by atoms with Crippen molar-refractivity contribution >= 4 is 57.9 Å². The molecule has 10 bridgehead atoms. The Kier molecular flexibility index (Phi) is 3.89. The first-order valence-corrected chi connectivity index (χ1v) is 10.0. The molecule has 0 amide bonds. The summed E-state index contributed by atoms with van der Waals surface area (Å²) in [6, 6.07) is 10.6. The molecule has 0 radical (unpaired) electrons. The molecule has 0 spiro atoms. The van der Waals surface area contributed by atoms with E-state index < -0.39 is 23.8 Å². The average molecular weight is 424 g/mol. The number of Topliss-reactive ketones (excluding diaryl/α,β-unsaturated/α-hetero) is 2. The fourth-order valence-corrected chi connectivity index (χ4v) is 4.17. The molecule has 0 aromatic carbocycles. The molecular weight excluding hydrogens is 408 g/mol. The van der Waals surface area contributed by atoms with Gasteiger partial charge >= 0.3 is 0 Å². The van der Waals surface area contributed by atoms with E-state index in [0.717, 1.165) is 11.4 Å². The zero-order valence-corrected chi connectivity index (χ0v) is 16.5. The van der Waals surface area contributed by atoms with Crippen LogP contribution in [0.25, 0.3) is 46.4 Å². The molecule has 4 N–H and O–H groups in total. The van der Waals surface area contributed by atoms with Gasteiger partial charge in [-0.15, -0.1) is 0 Å². The van der Waals surface area contributed by atoms with E-state index in [1.54, 1.807) is 36.4 Å². The van der Waals surface area contributed by atoms with Crippen molar-refractivity contribution < 1.29 is 19.8 Å². The zero-order chi connectivity index (χ0) is 22.0. The minimum atomic E-state index is -1.94. The number of carbonyl (C=O) groups excluding carboxylic acids is 2. The molecule has 0 saturated carbocycles. The smallest absolute Gasteiger partial charge is 0.198 e. The predicted octanol–water partition coefficient (Wildman–Crippen LogP) is 2.76. The number of aromatic nitrogens is 4. The summed E-state index contributed by atoms with van der Waals surface area (Å²) in [6.07, 6.45) is 3.13. The minimum absolute atomic E-state index is 0.0975. The van der Waals surface area contributed by atoms with Crippen LogP contribution in [-0.2, 0) is 0 Å². The van der Waals surface area contributed by atoms with Crippen molar-refractivity contribution in [2.45, 2.75) is 12.2 Å². The van der Waals surface area contributed by atoms with Gasteiger partial charge < -0.3 is 20.2 Å². The predicted molar refractivity (Wildman–Crippen MR) is 120 cm³/mol. The highest BCUT2D eigenvalue weighted by molar-refractivity contribution is 6.16. The van der Waals surface area contributed by atoms with Gasteiger partial charge in [-0.05, 0) is 60.7 Å². The van der Waals surface area contributed by atoms with E-state index in [9.17, 15) is 19.8 Å². The Hall–Kier alpha value is -4.14. The third kappa shape index (κ3) is 2.78. The SMILES string of the molecule is O=C1c2c3nc(c(c4ccc(cc5nc(cc6ccc2[nH]6)C=C5)[nH]4)C(=O)[C@H](O)[C@@H]1O)C=C3. The summed E-state index contributed by atoms with van der Waals surface area (Å²) in [4.78, 5) is 41.8. The van der Waals surface area contributed by atoms with Crippen LogP contribution in [0.3, 0.4) is 0 Å². The maximum absolute atomic E-state index is 13.2. The number of nitrogens with one attached hydrogen (secondary N) is 2. The summed E-state index contributed by atoms with van der Waals surface area (Å²) in [5.74, 6) is -1.58. The van der Waals surface area contributed by atoms with Gasteiger partial charge in [-0.25, -0.2) is 9.97 Å². The number of ketones is 2. The highest BCUT2D eigenvalue weighted by Gasteiger charge is 2.36. The van der Waals surface area contributed by atoms with Gasteiger partial charge in [0.15, 0.2) is 23.8 Å². The Morgan fingerprint density at radius 2 is 1.12 bits per heavy atom. The van der Waals surface area contributed by atoms with Crippen LogP contribution >= 0.6 is 0 Å². The number of aliphatic hydroxyl groups is 2. The van der Waals surface area contributed by atoms with Crippen LogP contribution in [0.4, 0.5) is 0 Å². The Balaban J connectivity index is 1.83. The average Bonchev–Trinajstić information content (AvgIpc) is 3.57. The normalized spacial score (nSPS) is 19.4. The number of carbonyl (C=O) groups is 2. The summed E-state index contributed by atoms with van der Waals surface area (Å²) in [5.41, 5.74) is 4.49. The molecule has 6 heterocycles. The zero-order valence-electron chi connectivity index (χ0n) is 16.5. The lowest BCUT2D eigenvalue weighted by molar-refractivity contribution is 0.0218. The summed E-state index contributed by atoms with van der Waals surface area (Å²) in [5, 5.41) is 21.2. The number of hydrogen-bond donors (Lipinski definition) is 4. The third-order valence-electron chi connectivity index (χ3n) is 5.73. The Morgan fingerprint density at radius 3 is 1.59 bits per heavy atom. The monoisotopic (exact) mass is 424 g/mol. The van der Waals surface area contributed by atoms with Crippen LogP contribution in [0.2, 0.25) is 0 Å². The maximum Gasteiger partial charge on any atom is 0.198 e. The molecule has 0 saturated heterocycles. The highest BCUT2D eigenvalue weighted by atomic mass is 16.3. The number of aliphatic hydroxyl groups excluding tert-OH is 2. The van der Waals surface area contributed by atoms with Crippen molar-refractivity contribution in [1.82, 2.24) is 19.9 Å². The fraction of sp³-hybridized carbons (Fsp3) is 0.0833. The number of fused-ring (bicyclic) bond motifs is 8. The van der Waals surface area contributed by atoms with Gasteiger partial charge in [-0.2, -0.15) is 0 Å². The third-order valence-corrected chi connectivity index (χ3v) is 5.73. The van der Waals surface area contributed by atoms with Crippen LogP contribution < -0.4 is 0 Å². The van der Waals surface area contributed by atoms with Gasteiger partial charge in [0, 0.05) is 11.0 Å². The van der Waals surface area contributed by atoms with Crippen molar-refractivity contribution in [3.8, 4) is 0 Å². The first-order valence-electron chi connectivity index (χ1n) is 10.0. The van der Waals surface area contributed by atoms with E-state index in [-0.39, 0.29) is 11.1 Å². The van der Waals surface area contributed by atoms with Gasteiger partial charge in [0.2, 0.25) is 0 Å². The Bertz CT molecular complexity index is 1450. The number of rotatable bonds is 0. The quantitative estimate of drug-likeness (QED) is 0.302. The molecule has 6 rings (SSSR count). The molecule has 0 aliphatic carbocycles. The standard InChI is InChI=1S/C24H16N4O4/c29-21-19-15-5-3-13(26-15)9-11-1-2-12(25-11)10-14-4-6-16(27-14)20(18-8-7-17(19)28-18)22(30)24(32)23(21)31/h1-10,23-24,26-27,31-32H/t23-,24+. The number of aromatic amines is 2. The van der Waals surface area contributed by atoms with Gasteiger partial charge in [-0.3, -0.25) is 9.59 Å². The summed E-state index contributed by atoms with van der Waals surface area (Å²) in [6.45, 7) is 0. The Morgan fingerprint density at radius 1 is 0.656 bits per heavy atom. The second-order valence-corrected chi connectivity index (χ2v) is 7.82. The molecule has 3 aliphatic rings. The van der Waals surface area contributed by atoms with Crippen LogP contribution in [0.15, 0.2) is 36.4 Å². The van der Waals surface area contributed by atoms with Gasteiger partial charge in [0.1, 0.15) is 0 Å². The molecule has 3 aromatic heterocycles. The van der Waals surface area contributed by atoms with E-state index in [1.807, 2.05) is 24.3 Å². The van der Waals surface area contributed by atoms with Crippen molar-refractivity contribution in [2.24, 2.45) is 0 Å². The second-order valence-electron chi connectivity index (χ2n) is 7.82.